The fourth-order valence-electron chi connectivity index (χ4n) is 4.13. The van der Waals surface area contributed by atoms with E-state index in [1.54, 1.807) is 55.5 Å². The highest BCUT2D eigenvalue weighted by Gasteiger charge is 2.23. The predicted octanol–water partition coefficient (Wildman–Crippen LogP) is 6.86. The van der Waals surface area contributed by atoms with E-state index in [2.05, 4.69) is 21.1 Å². The Hall–Kier alpha value is -5.41. The molecule has 0 aliphatic rings. The number of aromatic nitrogens is 1. The minimum absolute atomic E-state index is 0.0995. The highest BCUT2D eigenvalue weighted by Crippen LogP contribution is 2.36. The van der Waals surface area contributed by atoms with Crippen LogP contribution >= 0.6 is 11.8 Å². The normalized spacial score (nSPS) is 11.8. The third-order valence-corrected chi connectivity index (χ3v) is 7.49. The van der Waals surface area contributed by atoms with Gasteiger partial charge in [0, 0.05) is 22.2 Å². The van der Waals surface area contributed by atoms with E-state index in [1.807, 2.05) is 78.9 Å². The minimum atomic E-state index is -0.563. The zero-order valence-corrected chi connectivity index (χ0v) is 24.0. The van der Waals surface area contributed by atoms with E-state index in [0.29, 0.717) is 22.8 Å². The van der Waals surface area contributed by atoms with Crippen molar-refractivity contribution in [2.24, 2.45) is 0 Å². The molecule has 0 radical (unpaired) electrons. The van der Waals surface area contributed by atoms with E-state index in [9.17, 15) is 14.4 Å². The van der Waals surface area contributed by atoms with Gasteiger partial charge in [-0.15, -0.1) is 11.8 Å². The van der Waals surface area contributed by atoms with Crippen molar-refractivity contribution in [1.82, 2.24) is 10.5 Å². The molecule has 1 heterocycles. The third-order valence-electron chi connectivity index (χ3n) is 6.23. The lowest BCUT2D eigenvalue weighted by atomic mass is 10.1. The van der Waals surface area contributed by atoms with Gasteiger partial charge < -0.3 is 20.5 Å². The quantitative estimate of drug-likeness (QED) is 0.121. The smallest absolute Gasteiger partial charge is 0.272 e. The summed E-state index contributed by atoms with van der Waals surface area (Å²) < 4.78 is 5.07. The van der Waals surface area contributed by atoms with Crippen LogP contribution in [0.2, 0.25) is 0 Å². The van der Waals surface area contributed by atoms with Gasteiger partial charge in [-0.3, -0.25) is 14.4 Å². The molecule has 3 amide bonds. The van der Waals surface area contributed by atoms with E-state index in [0.717, 1.165) is 16.0 Å². The topological polar surface area (TPSA) is 113 Å². The summed E-state index contributed by atoms with van der Waals surface area (Å²) >= 11 is 1.37. The number of rotatable bonds is 10. The van der Waals surface area contributed by atoms with Crippen molar-refractivity contribution in [3.05, 3.63) is 149 Å². The van der Waals surface area contributed by atoms with Crippen molar-refractivity contribution in [3.63, 3.8) is 0 Å². The first-order valence-electron chi connectivity index (χ1n) is 13.4. The first-order chi connectivity index (χ1) is 20.9. The minimum Gasteiger partial charge on any atom is -0.360 e. The van der Waals surface area contributed by atoms with Gasteiger partial charge in [-0.05, 0) is 60.5 Å². The maximum atomic E-state index is 13.3. The van der Waals surface area contributed by atoms with Gasteiger partial charge in [0.05, 0.1) is 0 Å². The molecule has 5 aromatic rings. The number of aryl methyl sites for hydroxylation is 1. The number of carbonyl (C=O) groups excluding carboxylic acids is 3. The third kappa shape index (κ3) is 8.08. The Morgan fingerprint density at radius 3 is 2.05 bits per heavy atom. The summed E-state index contributed by atoms with van der Waals surface area (Å²) in [4.78, 5) is 40.3. The summed E-state index contributed by atoms with van der Waals surface area (Å²) in [6, 6.07) is 36.2. The second kappa shape index (κ2) is 14.0. The molecule has 214 valence electrons. The van der Waals surface area contributed by atoms with E-state index >= 15 is 0 Å². The molecule has 1 atom stereocenters. The van der Waals surface area contributed by atoms with E-state index in [-0.39, 0.29) is 11.6 Å². The van der Waals surface area contributed by atoms with Gasteiger partial charge in [0.25, 0.3) is 11.8 Å². The lowest BCUT2D eigenvalue weighted by molar-refractivity contribution is -0.116. The molecule has 0 aliphatic heterocycles. The molecular weight excluding hydrogens is 560 g/mol. The predicted molar refractivity (Wildman–Crippen MR) is 168 cm³/mol. The molecule has 8 nitrogen and oxygen atoms in total. The van der Waals surface area contributed by atoms with Gasteiger partial charge in [0.15, 0.2) is 5.82 Å². The van der Waals surface area contributed by atoms with E-state index in [1.165, 1.54) is 11.8 Å². The van der Waals surface area contributed by atoms with E-state index in [4.69, 9.17) is 4.52 Å². The Labute approximate surface area is 253 Å². The van der Waals surface area contributed by atoms with Crippen LogP contribution in [0, 0.1) is 6.92 Å². The van der Waals surface area contributed by atoms with Crippen molar-refractivity contribution in [3.8, 4) is 0 Å². The molecule has 1 aromatic heterocycles. The summed E-state index contributed by atoms with van der Waals surface area (Å²) in [5, 5.41) is 11.7. The molecule has 0 saturated carbocycles. The summed E-state index contributed by atoms with van der Waals surface area (Å²) in [7, 11) is 0. The van der Waals surface area contributed by atoms with Gasteiger partial charge in [-0.1, -0.05) is 84.0 Å². The second-order valence-corrected chi connectivity index (χ2v) is 10.7. The van der Waals surface area contributed by atoms with Crippen LogP contribution in [-0.4, -0.2) is 22.9 Å². The SMILES string of the molecule is Cc1cc(NC(=O)C(Sc2ccc(NC(=O)/C(=C/c3ccccc3)NC(=O)c3ccccc3)cc2)c2ccccc2)no1. The van der Waals surface area contributed by atoms with Crippen LogP contribution in [-0.2, 0) is 9.59 Å². The van der Waals surface area contributed by atoms with Crippen molar-refractivity contribution in [2.45, 2.75) is 17.1 Å². The number of anilines is 2. The zero-order chi connectivity index (χ0) is 30.0. The molecule has 1 unspecified atom stereocenters. The van der Waals surface area contributed by atoms with Crippen LogP contribution in [0.5, 0.6) is 0 Å². The summed E-state index contributed by atoms with van der Waals surface area (Å²) in [6.07, 6.45) is 1.62. The number of nitrogens with zero attached hydrogens (tertiary/aromatic N) is 1. The number of hydrogen-bond acceptors (Lipinski definition) is 6. The molecule has 0 saturated heterocycles. The van der Waals surface area contributed by atoms with Crippen molar-refractivity contribution >= 4 is 47.1 Å². The van der Waals surface area contributed by atoms with Gasteiger partial charge in [0.2, 0.25) is 5.91 Å². The van der Waals surface area contributed by atoms with Crippen LogP contribution in [0.3, 0.4) is 0 Å². The molecule has 4 aromatic carbocycles. The summed E-state index contributed by atoms with van der Waals surface area (Å²) in [6.45, 7) is 1.75. The fourth-order valence-corrected chi connectivity index (χ4v) is 5.15. The molecule has 43 heavy (non-hydrogen) atoms. The Morgan fingerprint density at radius 1 is 0.791 bits per heavy atom. The maximum absolute atomic E-state index is 13.3. The molecule has 3 N–H and O–H groups in total. The largest absolute Gasteiger partial charge is 0.360 e. The Kier molecular flexibility index (Phi) is 9.46. The molecular formula is C34H28N4O4S. The van der Waals surface area contributed by atoms with Gasteiger partial charge in [-0.2, -0.15) is 0 Å². The number of nitrogens with one attached hydrogen (secondary N) is 3. The van der Waals surface area contributed by atoms with Crippen LogP contribution in [0.4, 0.5) is 11.5 Å². The first-order valence-corrected chi connectivity index (χ1v) is 14.3. The molecule has 5 rings (SSSR count). The second-order valence-electron chi connectivity index (χ2n) is 9.49. The zero-order valence-electron chi connectivity index (χ0n) is 23.2. The molecule has 9 heteroatoms. The fraction of sp³-hybridized carbons (Fsp3) is 0.0588. The Bertz CT molecular complexity index is 1720. The van der Waals surface area contributed by atoms with Crippen LogP contribution in [0.25, 0.3) is 6.08 Å². The number of hydrogen-bond donors (Lipinski definition) is 3. The lowest BCUT2D eigenvalue weighted by Gasteiger charge is -2.16. The molecule has 0 spiro atoms. The van der Waals surface area contributed by atoms with Crippen LogP contribution < -0.4 is 16.0 Å². The van der Waals surface area contributed by atoms with Gasteiger partial charge in [0.1, 0.15) is 16.7 Å². The number of benzene rings is 4. The van der Waals surface area contributed by atoms with Crippen molar-refractivity contribution in [1.29, 1.82) is 0 Å². The monoisotopic (exact) mass is 588 g/mol. The summed E-state index contributed by atoms with van der Waals surface area (Å²) in [5.41, 5.74) is 2.65. The Balaban J connectivity index is 1.31. The molecule has 0 fully saturated rings. The number of carbonyl (C=O) groups is 3. The van der Waals surface area contributed by atoms with E-state index < -0.39 is 17.1 Å². The first kappa shape index (κ1) is 29.1. The average molecular weight is 589 g/mol. The summed E-state index contributed by atoms with van der Waals surface area (Å²) in [5.74, 6) is -0.167. The van der Waals surface area contributed by atoms with Crippen molar-refractivity contribution in [2.75, 3.05) is 10.6 Å². The highest BCUT2D eigenvalue weighted by atomic mass is 32.2. The van der Waals surface area contributed by atoms with Crippen LogP contribution in [0.15, 0.2) is 136 Å². The highest BCUT2D eigenvalue weighted by molar-refractivity contribution is 8.00. The number of amides is 3. The lowest BCUT2D eigenvalue weighted by Crippen LogP contribution is -2.30. The molecule has 0 bridgehead atoms. The van der Waals surface area contributed by atoms with Crippen molar-refractivity contribution < 1.29 is 18.9 Å². The molecule has 0 aliphatic carbocycles. The van der Waals surface area contributed by atoms with Crippen LogP contribution in [0.1, 0.15) is 32.5 Å². The van der Waals surface area contributed by atoms with Gasteiger partial charge in [-0.25, -0.2) is 0 Å². The maximum Gasteiger partial charge on any atom is 0.272 e. The Morgan fingerprint density at radius 2 is 1.42 bits per heavy atom. The van der Waals surface area contributed by atoms with Gasteiger partial charge >= 0.3 is 0 Å². The average Bonchev–Trinajstić information content (AvgIpc) is 3.45. The standard InChI is InChI=1S/C34H28N4O4S/c1-23-21-30(38-42-23)37-34(41)31(25-13-7-3-8-14-25)43-28-19-17-27(18-20-28)35-33(40)29(22-24-11-5-2-6-12-24)36-32(39)26-15-9-4-10-16-26/h2-22,31H,1H3,(H,35,40)(H,36,39)(H,37,38,41)/b29-22-. The number of thioether (sulfide) groups is 1.